The van der Waals surface area contributed by atoms with E-state index < -0.39 is 0 Å². The molecule has 19 heavy (non-hydrogen) atoms. The zero-order valence-corrected chi connectivity index (χ0v) is 12.7. The smallest absolute Gasteiger partial charge is 0.0771 e. The highest BCUT2D eigenvalue weighted by Gasteiger charge is 2.21. The van der Waals surface area contributed by atoms with Crippen LogP contribution in [0.2, 0.25) is 0 Å². The number of nitrogens with zero attached hydrogens (tertiary/aromatic N) is 1. The lowest BCUT2D eigenvalue weighted by Crippen LogP contribution is -2.37. The van der Waals surface area contributed by atoms with E-state index in [0.717, 1.165) is 23.3 Å². The number of hydrogen-bond donors (Lipinski definition) is 1. The van der Waals surface area contributed by atoms with Gasteiger partial charge in [-0.2, -0.15) is 0 Å². The minimum absolute atomic E-state index is 0.148. The number of thiophene rings is 1. The van der Waals surface area contributed by atoms with Crippen LogP contribution in [0.3, 0.4) is 0 Å². The van der Waals surface area contributed by atoms with Gasteiger partial charge >= 0.3 is 0 Å². The summed E-state index contributed by atoms with van der Waals surface area (Å²) < 4.78 is 0. The molecular formula is C16H23NOS. The molecule has 1 aliphatic heterocycles. The van der Waals surface area contributed by atoms with Gasteiger partial charge in [-0.05, 0) is 30.4 Å². The first-order valence-corrected chi connectivity index (χ1v) is 7.90. The summed E-state index contributed by atoms with van der Waals surface area (Å²) in [6.07, 6.45) is 1.92. The summed E-state index contributed by atoms with van der Waals surface area (Å²) in [4.78, 5) is 5.08. The molecule has 1 aromatic rings. The van der Waals surface area contributed by atoms with E-state index in [1.54, 1.807) is 11.3 Å². The predicted octanol–water partition coefficient (Wildman–Crippen LogP) is 2.96. The van der Waals surface area contributed by atoms with Crippen LogP contribution in [0, 0.1) is 23.7 Å². The van der Waals surface area contributed by atoms with Crippen molar-refractivity contribution in [2.45, 2.75) is 33.2 Å². The van der Waals surface area contributed by atoms with Crippen molar-refractivity contribution >= 4 is 11.3 Å². The first-order chi connectivity index (χ1) is 9.17. The van der Waals surface area contributed by atoms with Crippen LogP contribution in [0.1, 0.15) is 36.4 Å². The SMILES string of the molecule is CC1CC(C)CN(Cc2ccc(C#CCCO)s2)C1. The van der Waals surface area contributed by atoms with E-state index in [-0.39, 0.29) is 6.61 Å². The molecule has 3 heteroatoms. The third-order valence-electron chi connectivity index (χ3n) is 3.43. The Labute approximate surface area is 120 Å². The Hall–Kier alpha value is -0.820. The van der Waals surface area contributed by atoms with E-state index in [1.807, 2.05) is 0 Å². The molecule has 1 N–H and O–H groups in total. The van der Waals surface area contributed by atoms with E-state index in [9.17, 15) is 0 Å². The van der Waals surface area contributed by atoms with Gasteiger partial charge in [0.25, 0.3) is 0 Å². The molecule has 0 saturated carbocycles. The second-order valence-electron chi connectivity index (χ2n) is 5.68. The number of piperidine rings is 1. The molecule has 104 valence electrons. The first kappa shape index (κ1) is 14.6. The van der Waals surface area contributed by atoms with Crippen molar-refractivity contribution in [3.05, 3.63) is 21.9 Å². The lowest BCUT2D eigenvalue weighted by molar-refractivity contribution is 0.135. The highest BCUT2D eigenvalue weighted by atomic mass is 32.1. The normalized spacial score (nSPS) is 23.9. The minimum atomic E-state index is 0.148. The van der Waals surface area contributed by atoms with Gasteiger partial charge < -0.3 is 5.11 Å². The Morgan fingerprint density at radius 1 is 1.32 bits per heavy atom. The third-order valence-corrected chi connectivity index (χ3v) is 4.42. The van der Waals surface area contributed by atoms with Crippen LogP contribution in [0.4, 0.5) is 0 Å². The molecule has 1 aromatic heterocycles. The summed E-state index contributed by atoms with van der Waals surface area (Å²) in [5.41, 5.74) is 0. The molecule has 1 saturated heterocycles. The van der Waals surface area contributed by atoms with Crippen LogP contribution >= 0.6 is 11.3 Å². The van der Waals surface area contributed by atoms with E-state index in [4.69, 9.17) is 5.11 Å². The van der Waals surface area contributed by atoms with Crippen molar-refractivity contribution in [2.24, 2.45) is 11.8 Å². The summed E-state index contributed by atoms with van der Waals surface area (Å²) in [6.45, 7) is 8.34. The quantitative estimate of drug-likeness (QED) is 0.859. The lowest BCUT2D eigenvalue weighted by atomic mass is 9.92. The highest BCUT2D eigenvalue weighted by Crippen LogP contribution is 2.24. The maximum Gasteiger partial charge on any atom is 0.0771 e. The zero-order chi connectivity index (χ0) is 13.7. The van der Waals surface area contributed by atoms with Crippen molar-refractivity contribution in [3.8, 4) is 11.8 Å². The summed E-state index contributed by atoms with van der Waals surface area (Å²) >= 11 is 1.78. The fraction of sp³-hybridized carbons (Fsp3) is 0.625. The van der Waals surface area contributed by atoms with Crippen molar-refractivity contribution in [1.82, 2.24) is 4.90 Å². The Kier molecular flexibility index (Phi) is 5.45. The molecular weight excluding hydrogens is 254 g/mol. The molecule has 0 aromatic carbocycles. The van der Waals surface area contributed by atoms with Gasteiger partial charge in [-0.1, -0.05) is 25.7 Å². The highest BCUT2D eigenvalue weighted by molar-refractivity contribution is 7.12. The van der Waals surface area contributed by atoms with Gasteiger partial charge in [0, 0.05) is 30.9 Å². The van der Waals surface area contributed by atoms with Crippen molar-refractivity contribution in [1.29, 1.82) is 0 Å². The fourth-order valence-electron chi connectivity index (χ4n) is 2.88. The van der Waals surface area contributed by atoms with Gasteiger partial charge in [-0.3, -0.25) is 4.90 Å². The molecule has 0 aliphatic carbocycles. The number of aliphatic hydroxyl groups is 1. The first-order valence-electron chi connectivity index (χ1n) is 7.08. The predicted molar refractivity (Wildman–Crippen MR) is 81.1 cm³/mol. The molecule has 2 nitrogen and oxygen atoms in total. The summed E-state index contributed by atoms with van der Waals surface area (Å²) in [7, 11) is 0. The van der Waals surface area contributed by atoms with Gasteiger partial charge in [0.1, 0.15) is 0 Å². The Morgan fingerprint density at radius 2 is 2.05 bits per heavy atom. The maximum atomic E-state index is 8.71. The lowest BCUT2D eigenvalue weighted by Gasteiger charge is -2.34. The van der Waals surface area contributed by atoms with Crippen molar-refractivity contribution in [2.75, 3.05) is 19.7 Å². The Balaban J connectivity index is 1.91. The van der Waals surface area contributed by atoms with Crippen LogP contribution in [0.15, 0.2) is 12.1 Å². The van der Waals surface area contributed by atoms with Gasteiger partial charge in [-0.25, -0.2) is 0 Å². The van der Waals surface area contributed by atoms with Crippen molar-refractivity contribution < 1.29 is 5.11 Å². The molecule has 2 unspecified atom stereocenters. The average molecular weight is 277 g/mol. The summed E-state index contributed by atoms with van der Waals surface area (Å²) in [5, 5.41) is 8.71. The molecule has 2 rings (SSSR count). The Bertz CT molecular complexity index is 447. The van der Waals surface area contributed by atoms with Crippen LogP contribution in [0.5, 0.6) is 0 Å². The average Bonchev–Trinajstić information content (AvgIpc) is 2.76. The molecule has 0 radical (unpaired) electrons. The van der Waals surface area contributed by atoms with Gasteiger partial charge in [0.2, 0.25) is 0 Å². The standard InChI is InChI=1S/C16H23NOS/c1-13-9-14(2)11-17(10-13)12-16-7-6-15(19-16)5-3-4-8-18/h6-7,13-14,18H,4,8-12H2,1-2H3. The summed E-state index contributed by atoms with van der Waals surface area (Å²) in [5.74, 6) is 7.72. The van der Waals surface area contributed by atoms with Gasteiger partial charge in [-0.15, -0.1) is 11.3 Å². The zero-order valence-electron chi connectivity index (χ0n) is 11.9. The number of rotatable bonds is 3. The second-order valence-corrected chi connectivity index (χ2v) is 6.85. The molecule has 1 aliphatic rings. The third kappa shape index (κ3) is 4.65. The molecule has 0 bridgehead atoms. The summed E-state index contributed by atoms with van der Waals surface area (Å²) in [6, 6.07) is 4.29. The fourth-order valence-corrected chi connectivity index (χ4v) is 3.80. The molecule has 1 fully saturated rings. The van der Waals surface area contributed by atoms with Crippen LogP contribution < -0.4 is 0 Å². The van der Waals surface area contributed by atoms with E-state index >= 15 is 0 Å². The number of aliphatic hydroxyl groups excluding tert-OH is 1. The van der Waals surface area contributed by atoms with Crippen molar-refractivity contribution in [3.63, 3.8) is 0 Å². The Morgan fingerprint density at radius 3 is 2.74 bits per heavy atom. The van der Waals surface area contributed by atoms with E-state index in [2.05, 4.69) is 42.7 Å². The van der Waals surface area contributed by atoms with Gasteiger partial charge in [0.05, 0.1) is 11.5 Å². The van der Waals surface area contributed by atoms with Crippen LogP contribution in [0.25, 0.3) is 0 Å². The molecule has 2 atom stereocenters. The minimum Gasteiger partial charge on any atom is -0.395 e. The monoisotopic (exact) mass is 277 g/mol. The number of likely N-dealkylation sites (tertiary alicyclic amines) is 1. The molecule has 0 amide bonds. The second kappa shape index (κ2) is 7.09. The van der Waals surface area contributed by atoms with E-state index in [1.165, 1.54) is 24.4 Å². The van der Waals surface area contributed by atoms with Crippen LogP contribution in [-0.4, -0.2) is 29.7 Å². The topological polar surface area (TPSA) is 23.5 Å². The number of hydrogen-bond acceptors (Lipinski definition) is 3. The van der Waals surface area contributed by atoms with Gasteiger partial charge in [0.15, 0.2) is 0 Å². The molecule has 2 heterocycles. The van der Waals surface area contributed by atoms with E-state index in [0.29, 0.717) is 6.42 Å². The van der Waals surface area contributed by atoms with Crippen LogP contribution in [-0.2, 0) is 6.54 Å². The largest absolute Gasteiger partial charge is 0.395 e. The maximum absolute atomic E-state index is 8.71. The molecule has 0 spiro atoms.